The summed E-state index contributed by atoms with van der Waals surface area (Å²) in [7, 11) is 1.62. The topological polar surface area (TPSA) is 107 Å². The first-order chi connectivity index (χ1) is 16.7. The molecule has 0 fully saturated rings. The molecule has 3 aromatic rings. The van der Waals surface area contributed by atoms with Crippen LogP contribution in [0.5, 0.6) is 5.88 Å². The summed E-state index contributed by atoms with van der Waals surface area (Å²) in [6.45, 7) is 4.84. The van der Waals surface area contributed by atoms with E-state index >= 15 is 0 Å². The van der Waals surface area contributed by atoms with Gasteiger partial charge in [-0.3, -0.25) is 14.8 Å². The van der Waals surface area contributed by atoms with Gasteiger partial charge in [0.1, 0.15) is 11.5 Å². The summed E-state index contributed by atoms with van der Waals surface area (Å²) in [6.07, 6.45) is -0.0522. The van der Waals surface area contributed by atoms with Gasteiger partial charge in [0, 0.05) is 37.6 Å². The molecule has 2 heterocycles. The molecule has 0 atom stereocenters. The van der Waals surface area contributed by atoms with Crippen LogP contribution in [0.25, 0.3) is 22.4 Å². The smallest absolute Gasteiger partial charge is 0.280 e. The van der Waals surface area contributed by atoms with Crippen LogP contribution < -0.4 is 10.5 Å². The van der Waals surface area contributed by atoms with E-state index < -0.39 is 17.9 Å². The molecule has 0 spiro atoms. The molecule has 8 nitrogen and oxygen atoms in total. The van der Waals surface area contributed by atoms with Gasteiger partial charge >= 0.3 is 0 Å². The minimum absolute atomic E-state index is 0.00559. The Morgan fingerprint density at radius 2 is 1.91 bits per heavy atom. The second-order valence-corrected chi connectivity index (χ2v) is 7.44. The molecule has 0 bridgehead atoms. The van der Waals surface area contributed by atoms with Crippen LogP contribution in [0.2, 0.25) is 0 Å². The van der Waals surface area contributed by atoms with Crippen LogP contribution in [-0.4, -0.2) is 46.1 Å². The van der Waals surface area contributed by atoms with Gasteiger partial charge in [0.2, 0.25) is 11.8 Å². The number of ether oxygens (including phenoxy) is 1. The average molecular weight is 484 g/mol. The fourth-order valence-corrected chi connectivity index (χ4v) is 3.16. The third-order valence-corrected chi connectivity index (χ3v) is 4.78. The van der Waals surface area contributed by atoms with Crippen molar-refractivity contribution in [2.24, 2.45) is 5.10 Å². The zero-order valence-electron chi connectivity index (χ0n) is 19.1. The van der Waals surface area contributed by atoms with Gasteiger partial charge in [-0.15, -0.1) is 0 Å². The molecule has 35 heavy (non-hydrogen) atoms. The van der Waals surface area contributed by atoms with Gasteiger partial charge in [-0.2, -0.15) is 10.1 Å². The number of anilines is 1. The zero-order valence-corrected chi connectivity index (χ0v) is 19.1. The number of alkyl halides is 2. The van der Waals surface area contributed by atoms with E-state index in [-0.39, 0.29) is 41.9 Å². The number of aryl methyl sites for hydroxylation is 1. The predicted octanol–water partition coefficient (Wildman–Crippen LogP) is 4.57. The van der Waals surface area contributed by atoms with Crippen molar-refractivity contribution in [3.63, 3.8) is 0 Å². The lowest BCUT2D eigenvalue weighted by Gasteiger charge is -2.16. The molecule has 0 aliphatic heterocycles. The van der Waals surface area contributed by atoms with Gasteiger partial charge in [0.05, 0.1) is 17.9 Å². The molecule has 11 heteroatoms. The maximum absolute atomic E-state index is 13.5. The second-order valence-electron chi connectivity index (χ2n) is 7.44. The number of allylic oxidation sites excluding steroid dienone is 1. The van der Waals surface area contributed by atoms with E-state index in [1.54, 1.807) is 20.0 Å². The Morgan fingerprint density at radius 3 is 2.57 bits per heavy atom. The normalized spacial score (nSPS) is 11.1. The number of carbonyl (C=O) groups excluding carboxylic acids is 1. The van der Waals surface area contributed by atoms with Crippen LogP contribution >= 0.6 is 0 Å². The number of hydrogen-bond acceptors (Lipinski definition) is 8. The SMILES string of the molecule is C=NN(C)/C=C\C(=O)CCOc1nc(N)nc(-c2ccc(F)cc2)c1-c1cc(C)nc(C(F)F)c1. The molecule has 0 saturated carbocycles. The third-order valence-electron chi connectivity index (χ3n) is 4.78. The van der Waals surface area contributed by atoms with Crippen molar-refractivity contribution >= 4 is 18.4 Å². The number of aromatic nitrogens is 3. The van der Waals surface area contributed by atoms with Crippen LogP contribution in [0.15, 0.2) is 53.8 Å². The monoisotopic (exact) mass is 484 g/mol. The summed E-state index contributed by atoms with van der Waals surface area (Å²) in [5.74, 6) is -0.864. The number of carbonyl (C=O) groups is 1. The molecule has 0 amide bonds. The summed E-state index contributed by atoms with van der Waals surface area (Å²) < 4.78 is 46.3. The number of pyridine rings is 1. The lowest BCUT2D eigenvalue weighted by molar-refractivity contribution is -0.115. The van der Waals surface area contributed by atoms with Crippen molar-refractivity contribution in [2.45, 2.75) is 19.8 Å². The van der Waals surface area contributed by atoms with Crippen LogP contribution in [-0.2, 0) is 4.79 Å². The minimum Gasteiger partial charge on any atom is -0.477 e. The number of rotatable bonds is 10. The Hall–Kier alpha value is -4.28. The number of nitrogens with zero attached hydrogens (tertiary/aromatic N) is 5. The molecule has 0 unspecified atom stereocenters. The first-order valence-corrected chi connectivity index (χ1v) is 10.4. The Kier molecular flexibility index (Phi) is 8.13. The molecule has 0 aliphatic rings. The summed E-state index contributed by atoms with van der Waals surface area (Å²) >= 11 is 0. The highest BCUT2D eigenvalue weighted by molar-refractivity contribution is 5.89. The van der Waals surface area contributed by atoms with Crippen molar-refractivity contribution < 1.29 is 22.7 Å². The van der Waals surface area contributed by atoms with E-state index in [0.29, 0.717) is 16.8 Å². The molecule has 1 aromatic carbocycles. The van der Waals surface area contributed by atoms with E-state index in [1.165, 1.54) is 47.6 Å². The van der Waals surface area contributed by atoms with Crippen molar-refractivity contribution in [3.8, 4) is 28.3 Å². The first kappa shape index (κ1) is 25.3. The number of halogens is 3. The van der Waals surface area contributed by atoms with Crippen LogP contribution in [0.1, 0.15) is 24.2 Å². The van der Waals surface area contributed by atoms with Gasteiger partial charge < -0.3 is 10.5 Å². The van der Waals surface area contributed by atoms with E-state index in [9.17, 15) is 18.0 Å². The Morgan fingerprint density at radius 1 is 1.20 bits per heavy atom. The van der Waals surface area contributed by atoms with Gasteiger partial charge in [0.15, 0.2) is 5.78 Å². The van der Waals surface area contributed by atoms with Crippen molar-refractivity contribution in [1.29, 1.82) is 0 Å². The summed E-state index contributed by atoms with van der Waals surface area (Å²) in [6, 6.07) is 8.21. The van der Waals surface area contributed by atoms with E-state index in [1.807, 2.05) is 0 Å². The third kappa shape index (κ3) is 6.62. The molecule has 182 valence electrons. The Balaban J connectivity index is 2.05. The number of hydrazone groups is 1. The average Bonchev–Trinajstić information content (AvgIpc) is 2.82. The number of nitrogen functional groups attached to an aromatic ring is 1. The first-order valence-electron chi connectivity index (χ1n) is 10.4. The molecule has 0 aliphatic carbocycles. The Bertz CT molecular complexity index is 1250. The van der Waals surface area contributed by atoms with Crippen molar-refractivity contribution in [1.82, 2.24) is 20.0 Å². The predicted molar refractivity (Wildman–Crippen MR) is 126 cm³/mol. The fraction of sp³-hybridized carbons (Fsp3) is 0.208. The highest BCUT2D eigenvalue weighted by Crippen LogP contribution is 2.39. The molecule has 3 rings (SSSR count). The van der Waals surface area contributed by atoms with Crippen LogP contribution in [0.3, 0.4) is 0 Å². The Labute approximate surface area is 200 Å². The lowest BCUT2D eigenvalue weighted by atomic mass is 9.99. The fourth-order valence-electron chi connectivity index (χ4n) is 3.16. The van der Waals surface area contributed by atoms with Crippen molar-refractivity contribution in [3.05, 3.63) is 65.9 Å². The zero-order chi connectivity index (χ0) is 25.5. The number of hydrogen-bond donors (Lipinski definition) is 1. The van der Waals surface area contributed by atoms with Gasteiger partial charge in [-0.1, -0.05) is 0 Å². The maximum atomic E-state index is 13.5. The van der Waals surface area contributed by atoms with Gasteiger partial charge in [0.25, 0.3) is 6.43 Å². The molecular weight excluding hydrogens is 461 g/mol. The number of benzene rings is 1. The quantitative estimate of drug-likeness (QED) is 0.255. The summed E-state index contributed by atoms with van der Waals surface area (Å²) in [5, 5.41) is 4.98. The van der Waals surface area contributed by atoms with E-state index in [2.05, 4.69) is 26.8 Å². The lowest BCUT2D eigenvalue weighted by Crippen LogP contribution is -2.10. The number of ketones is 1. The standard InChI is InChI=1S/C24H23F3N6O2/c1-14-12-16(13-19(30-14)22(26)27)20-21(15-4-6-17(25)7-5-15)31-24(28)32-23(20)35-11-9-18(34)8-10-33(3)29-2/h4-8,10,12-13,22H,2,9,11H2,1,3H3,(H2,28,31,32)/b10-8-. The van der Waals surface area contributed by atoms with Gasteiger partial charge in [-0.05, 0) is 55.0 Å². The second kappa shape index (κ2) is 11.2. The molecule has 0 saturated heterocycles. The molecule has 2 N–H and O–H groups in total. The molecule has 0 radical (unpaired) electrons. The maximum Gasteiger partial charge on any atom is 0.280 e. The van der Waals surface area contributed by atoms with Crippen LogP contribution in [0.4, 0.5) is 19.1 Å². The van der Waals surface area contributed by atoms with Crippen molar-refractivity contribution in [2.75, 3.05) is 19.4 Å². The van der Waals surface area contributed by atoms with E-state index in [4.69, 9.17) is 10.5 Å². The molecule has 2 aromatic heterocycles. The van der Waals surface area contributed by atoms with E-state index in [0.717, 1.165) is 0 Å². The number of nitrogens with two attached hydrogens (primary N) is 1. The minimum atomic E-state index is -2.81. The summed E-state index contributed by atoms with van der Waals surface area (Å²) in [5.41, 5.74) is 7.09. The molecular formula is C24H23F3N6O2. The van der Waals surface area contributed by atoms with Gasteiger partial charge in [-0.25, -0.2) is 18.2 Å². The highest BCUT2D eigenvalue weighted by Gasteiger charge is 2.21. The highest BCUT2D eigenvalue weighted by atomic mass is 19.3. The summed E-state index contributed by atoms with van der Waals surface area (Å²) in [4.78, 5) is 24.4. The van der Waals surface area contributed by atoms with Crippen LogP contribution in [0, 0.1) is 12.7 Å². The largest absolute Gasteiger partial charge is 0.477 e.